The Hall–Kier alpha value is -2.83. The Morgan fingerprint density at radius 2 is 2.06 bits per heavy atom. The molecule has 1 saturated heterocycles. The molecule has 1 atom stereocenters. The van der Waals surface area contributed by atoms with E-state index < -0.39 is 5.41 Å². The molecule has 1 fully saturated rings. The molecule has 3 aromatic rings. The summed E-state index contributed by atoms with van der Waals surface area (Å²) in [7, 11) is 2.08. The molecule has 180 valence electrons. The minimum Gasteiger partial charge on any atom is -0.441 e. The zero-order valence-electron chi connectivity index (χ0n) is 19.9. The van der Waals surface area contributed by atoms with Crippen LogP contribution in [-0.4, -0.2) is 44.1 Å². The van der Waals surface area contributed by atoms with Gasteiger partial charge in [0.2, 0.25) is 11.8 Å². The highest BCUT2D eigenvalue weighted by atomic mass is 35.5. The number of halogens is 1. The van der Waals surface area contributed by atoms with Crippen LogP contribution in [0.2, 0.25) is 5.02 Å². The van der Waals surface area contributed by atoms with Crippen molar-refractivity contribution in [1.29, 1.82) is 0 Å². The van der Waals surface area contributed by atoms with E-state index in [1.165, 1.54) is 5.69 Å². The summed E-state index contributed by atoms with van der Waals surface area (Å²) in [5.74, 6) is 1.38. The molecule has 0 aliphatic carbocycles. The predicted octanol–water partition coefficient (Wildman–Crippen LogP) is 4.86. The Morgan fingerprint density at radius 3 is 2.79 bits per heavy atom. The molecule has 1 amide bonds. The number of nitrogens with one attached hydrogen (secondary N) is 2. The maximum atomic E-state index is 13.4. The maximum absolute atomic E-state index is 13.4. The molecule has 4 rings (SSSR count). The number of anilines is 1. The second-order valence-electron chi connectivity index (χ2n) is 9.14. The van der Waals surface area contributed by atoms with Gasteiger partial charge in [-0.25, -0.2) is 4.98 Å². The minimum absolute atomic E-state index is 0.0915. The molecule has 1 unspecified atom stereocenters. The molecule has 0 bridgehead atoms. The number of oxazole rings is 1. The predicted molar refractivity (Wildman–Crippen MR) is 137 cm³/mol. The number of benzene rings is 2. The maximum Gasteiger partial charge on any atom is 0.227 e. The van der Waals surface area contributed by atoms with Crippen molar-refractivity contribution in [2.75, 3.05) is 38.1 Å². The third kappa shape index (κ3) is 5.80. The van der Waals surface area contributed by atoms with Crippen LogP contribution in [0.1, 0.15) is 30.7 Å². The van der Waals surface area contributed by atoms with E-state index in [-0.39, 0.29) is 5.91 Å². The van der Waals surface area contributed by atoms with Crippen LogP contribution in [0.15, 0.2) is 59.0 Å². The van der Waals surface area contributed by atoms with Crippen molar-refractivity contribution in [1.82, 2.24) is 15.6 Å². The summed E-state index contributed by atoms with van der Waals surface area (Å²) in [4.78, 5) is 20.4. The average Bonchev–Trinajstić information content (AvgIpc) is 3.22. The van der Waals surface area contributed by atoms with Crippen LogP contribution in [0.5, 0.6) is 0 Å². The topological polar surface area (TPSA) is 70.4 Å². The number of hydrogen-bond acceptors (Lipinski definition) is 5. The van der Waals surface area contributed by atoms with Gasteiger partial charge in [0.25, 0.3) is 0 Å². The number of carbonyl (C=O) groups is 1. The van der Waals surface area contributed by atoms with Gasteiger partial charge in [-0.2, -0.15) is 0 Å². The van der Waals surface area contributed by atoms with Crippen LogP contribution >= 0.6 is 11.6 Å². The van der Waals surface area contributed by atoms with Crippen LogP contribution in [0.25, 0.3) is 11.5 Å². The van der Waals surface area contributed by atoms with Gasteiger partial charge in [0, 0.05) is 49.4 Å². The minimum atomic E-state index is -0.531. The molecule has 0 saturated carbocycles. The smallest absolute Gasteiger partial charge is 0.227 e. The van der Waals surface area contributed by atoms with E-state index in [1.807, 2.05) is 49.4 Å². The highest BCUT2D eigenvalue weighted by Gasteiger charge is 2.41. The quantitative estimate of drug-likeness (QED) is 0.428. The molecule has 1 aliphatic heterocycles. The average molecular weight is 481 g/mol. The van der Waals surface area contributed by atoms with Gasteiger partial charge in [0.05, 0.1) is 11.1 Å². The lowest BCUT2D eigenvalue weighted by molar-refractivity contribution is -0.132. The van der Waals surface area contributed by atoms with Crippen LogP contribution in [0.3, 0.4) is 0 Å². The lowest BCUT2D eigenvalue weighted by Crippen LogP contribution is -2.52. The van der Waals surface area contributed by atoms with Gasteiger partial charge < -0.3 is 20.0 Å². The number of amides is 1. The van der Waals surface area contributed by atoms with Crippen molar-refractivity contribution in [2.45, 2.75) is 32.6 Å². The second-order valence-corrected chi connectivity index (χ2v) is 9.57. The first-order chi connectivity index (χ1) is 16.5. The van der Waals surface area contributed by atoms with E-state index >= 15 is 0 Å². The summed E-state index contributed by atoms with van der Waals surface area (Å²) in [6.45, 7) is 5.01. The molecular formula is C27H33ClN4O2. The molecule has 6 nitrogen and oxygen atoms in total. The third-order valence-corrected chi connectivity index (χ3v) is 6.81. The van der Waals surface area contributed by atoms with Crippen molar-refractivity contribution in [3.05, 3.63) is 71.1 Å². The molecule has 0 radical (unpaired) electrons. The Labute approximate surface area is 206 Å². The van der Waals surface area contributed by atoms with Crippen LogP contribution in [0, 0.1) is 12.3 Å². The second kappa shape index (κ2) is 11.1. The lowest BCUT2D eigenvalue weighted by atomic mass is 9.75. The Balaban J connectivity index is 1.40. The standard InChI is InChI=1S/C27H33ClN4O2/c1-20-24(31-25(34-20)21-9-6-10-22(28)17-21)18-27(13-7-14-29-19-27)26(33)30-15-8-16-32(2)23-11-4-3-5-12-23/h3-6,9-12,17,29H,7-8,13-16,18-19H2,1-2H3,(H,30,33). The van der Waals surface area contributed by atoms with Gasteiger partial charge in [0.1, 0.15) is 5.76 Å². The summed E-state index contributed by atoms with van der Waals surface area (Å²) in [5, 5.41) is 7.27. The highest BCUT2D eigenvalue weighted by molar-refractivity contribution is 6.30. The van der Waals surface area contributed by atoms with E-state index in [9.17, 15) is 4.79 Å². The number of aromatic nitrogens is 1. The first-order valence-electron chi connectivity index (χ1n) is 11.9. The zero-order chi connectivity index (χ0) is 24.0. The largest absolute Gasteiger partial charge is 0.441 e. The fourth-order valence-electron chi connectivity index (χ4n) is 4.57. The van der Waals surface area contributed by atoms with Gasteiger partial charge in [-0.05, 0) is 63.1 Å². The molecule has 34 heavy (non-hydrogen) atoms. The van der Waals surface area contributed by atoms with Crippen molar-refractivity contribution in [3.63, 3.8) is 0 Å². The molecule has 0 spiro atoms. The number of rotatable bonds is 9. The van der Waals surface area contributed by atoms with E-state index in [4.69, 9.17) is 21.0 Å². The van der Waals surface area contributed by atoms with E-state index in [2.05, 4.69) is 34.7 Å². The van der Waals surface area contributed by atoms with Gasteiger partial charge in [-0.15, -0.1) is 0 Å². The third-order valence-electron chi connectivity index (χ3n) is 6.58. The Morgan fingerprint density at radius 1 is 1.24 bits per heavy atom. The number of aryl methyl sites for hydroxylation is 1. The number of piperidine rings is 1. The summed E-state index contributed by atoms with van der Waals surface area (Å²) in [6.07, 6.45) is 3.21. The van der Waals surface area contributed by atoms with Crippen LogP contribution < -0.4 is 15.5 Å². The highest BCUT2D eigenvalue weighted by Crippen LogP contribution is 2.33. The zero-order valence-corrected chi connectivity index (χ0v) is 20.7. The van der Waals surface area contributed by atoms with Crippen LogP contribution in [0.4, 0.5) is 5.69 Å². The Bertz CT molecular complexity index is 1090. The number of nitrogens with zero attached hydrogens (tertiary/aromatic N) is 2. The SMILES string of the molecule is Cc1oc(-c2cccc(Cl)c2)nc1CC1(C(=O)NCCCN(C)c2ccccc2)CCCNC1. The van der Waals surface area contributed by atoms with Crippen molar-refractivity contribution in [3.8, 4) is 11.5 Å². The number of hydrogen-bond donors (Lipinski definition) is 2. The van der Waals surface area contributed by atoms with Gasteiger partial charge >= 0.3 is 0 Å². The first kappa shape index (κ1) is 24.3. The fraction of sp³-hybridized carbons (Fsp3) is 0.407. The van der Waals surface area contributed by atoms with Crippen LogP contribution in [-0.2, 0) is 11.2 Å². The van der Waals surface area contributed by atoms with Crippen molar-refractivity contribution >= 4 is 23.2 Å². The van der Waals surface area contributed by atoms with Gasteiger partial charge in [-0.1, -0.05) is 35.9 Å². The van der Waals surface area contributed by atoms with E-state index in [1.54, 1.807) is 0 Å². The molecular weight excluding hydrogens is 448 g/mol. The van der Waals surface area contributed by atoms with E-state index in [0.717, 1.165) is 49.4 Å². The summed E-state index contributed by atoms with van der Waals surface area (Å²) < 4.78 is 5.96. The molecule has 2 aromatic carbocycles. The number of carbonyl (C=O) groups excluding carboxylic acids is 1. The van der Waals surface area contributed by atoms with Gasteiger partial charge in [-0.3, -0.25) is 4.79 Å². The van der Waals surface area contributed by atoms with E-state index in [0.29, 0.717) is 30.4 Å². The van der Waals surface area contributed by atoms with Crippen molar-refractivity contribution < 1.29 is 9.21 Å². The summed E-state index contributed by atoms with van der Waals surface area (Å²) in [5.41, 5.74) is 2.32. The van der Waals surface area contributed by atoms with Crippen molar-refractivity contribution in [2.24, 2.45) is 5.41 Å². The summed E-state index contributed by atoms with van der Waals surface area (Å²) >= 11 is 6.14. The number of para-hydroxylation sites is 1. The molecule has 2 heterocycles. The van der Waals surface area contributed by atoms with Gasteiger partial charge in [0.15, 0.2) is 0 Å². The molecule has 1 aromatic heterocycles. The molecule has 7 heteroatoms. The first-order valence-corrected chi connectivity index (χ1v) is 12.3. The fourth-order valence-corrected chi connectivity index (χ4v) is 4.76. The Kier molecular flexibility index (Phi) is 7.91. The normalized spacial score (nSPS) is 18.0. The monoisotopic (exact) mass is 480 g/mol. The lowest BCUT2D eigenvalue weighted by Gasteiger charge is -2.36. The molecule has 1 aliphatic rings. The molecule has 2 N–H and O–H groups in total. The summed E-state index contributed by atoms with van der Waals surface area (Å²) in [6, 6.07) is 17.8.